The van der Waals surface area contributed by atoms with Crippen LogP contribution in [-0.4, -0.2) is 40.9 Å². The summed E-state index contributed by atoms with van der Waals surface area (Å²) in [4.78, 5) is 31.5. The SMILES string of the molecule is Cc1ccc(NC(=O)[C@@H]2CCCN(C(=O)[C@@H]3Cc4ccccc4O3)C2)nc1. The maximum absolute atomic E-state index is 12.9. The van der Waals surface area contributed by atoms with Gasteiger partial charge in [0.2, 0.25) is 5.91 Å². The van der Waals surface area contributed by atoms with Crippen LogP contribution in [0.25, 0.3) is 0 Å². The molecule has 0 bridgehead atoms. The summed E-state index contributed by atoms with van der Waals surface area (Å²) < 4.78 is 5.82. The Hall–Kier alpha value is -2.89. The number of nitrogens with one attached hydrogen (secondary N) is 1. The van der Waals surface area contributed by atoms with Crippen LogP contribution in [0.2, 0.25) is 0 Å². The van der Waals surface area contributed by atoms with Crippen LogP contribution in [-0.2, 0) is 16.0 Å². The first-order chi connectivity index (χ1) is 13.1. The predicted molar refractivity (Wildman–Crippen MR) is 101 cm³/mol. The summed E-state index contributed by atoms with van der Waals surface area (Å²) in [5, 5.41) is 2.86. The molecule has 2 aromatic rings. The molecule has 2 aliphatic heterocycles. The van der Waals surface area contributed by atoms with Gasteiger partial charge in [-0.25, -0.2) is 4.98 Å². The zero-order chi connectivity index (χ0) is 18.8. The van der Waals surface area contributed by atoms with Gasteiger partial charge in [-0.3, -0.25) is 9.59 Å². The number of piperidine rings is 1. The Morgan fingerprint density at radius 1 is 1.22 bits per heavy atom. The molecule has 1 aromatic heterocycles. The van der Waals surface area contributed by atoms with Crippen molar-refractivity contribution in [2.24, 2.45) is 5.92 Å². The number of aryl methyl sites for hydroxylation is 1. The van der Waals surface area contributed by atoms with Gasteiger partial charge in [-0.05, 0) is 43.0 Å². The number of aromatic nitrogens is 1. The minimum Gasteiger partial charge on any atom is -0.480 e. The molecule has 1 N–H and O–H groups in total. The van der Waals surface area contributed by atoms with Gasteiger partial charge in [0.05, 0.1) is 5.92 Å². The Morgan fingerprint density at radius 2 is 2.07 bits per heavy atom. The van der Waals surface area contributed by atoms with E-state index >= 15 is 0 Å². The van der Waals surface area contributed by atoms with E-state index in [-0.39, 0.29) is 17.7 Å². The number of benzene rings is 1. The van der Waals surface area contributed by atoms with Crippen LogP contribution in [0.15, 0.2) is 42.6 Å². The monoisotopic (exact) mass is 365 g/mol. The number of anilines is 1. The number of fused-ring (bicyclic) bond motifs is 1. The Morgan fingerprint density at radius 3 is 2.85 bits per heavy atom. The highest BCUT2D eigenvalue weighted by atomic mass is 16.5. The minimum atomic E-state index is -0.483. The standard InChI is InChI=1S/C21H23N3O3/c1-14-8-9-19(22-12-14)23-20(25)16-6-4-10-24(13-16)21(26)18-11-15-5-2-3-7-17(15)27-18/h2-3,5,7-9,12,16,18H,4,6,10-11,13H2,1H3,(H,22,23,25)/t16-,18+/m1/s1. The van der Waals surface area contributed by atoms with E-state index < -0.39 is 6.10 Å². The maximum Gasteiger partial charge on any atom is 0.264 e. The lowest BCUT2D eigenvalue weighted by atomic mass is 9.96. The van der Waals surface area contributed by atoms with Crippen molar-refractivity contribution in [3.63, 3.8) is 0 Å². The van der Waals surface area contributed by atoms with E-state index in [4.69, 9.17) is 4.74 Å². The molecular weight excluding hydrogens is 342 g/mol. The Kier molecular flexibility index (Phi) is 4.79. The molecule has 6 nitrogen and oxygen atoms in total. The zero-order valence-electron chi connectivity index (χ0n) is 15.4. The van der Waals surface area contributed by atoms with E-state index in [1.807, 2.05) is 37.3 Å². The molecule has 0 aliphatic carbocycles. The lowest BCUT2D eigenvalue weighted by Crippen LogP contribution is -2.48. The number of pyridine rings is 1. The summed E-state index contributed by atoms with van der Waals surface area (Å²) in [6.07, 6.45) is 3.41. The van der Waals surface area contributed by atoms with Crippen molar-refractivity contribution >= 4 is 17.6 Å². The molecular formula is C21H23N3O3. The third kappa shape index (κ3) is 3.79. The average molecular weight is 365 g/mol. The van der Waals surface area contributed by atoms with Crippen molar-refractivity contribution in [3.8, 4) is 5.75 Å². The molecule has 0 radical (unpaired) electrons. The smallest absolute Gasteiger partial charge is 0.264 e. The van der Waals surface area contributed by atoms with Crippen LogP contribution >= 0.6 is 0 Å². The van der Waals surface area contributed by atoms with Gasteiger partial charge in [-0.15, -0.1) is 0 Å². The highest BCUT2D eigenvalue weighted by Crippen LogP contribution is 2.30. The van der Waals surface area contributed by atoms with Crippen molar-refractivity contribution in [2.45, 2.75) is 32.3 Å². The number of amides is 2. The predicted octanol–water partition coefficient (Wildman–Crippen LogP) is 2.57. The van der Waals surface area contributed by atoms with Crippen molar-refractivity contribution < 1.29 is 14.3 Å². The van der Waals surface area contributed by atoms with Crippen molar-refractivity contribution in [1.29, 1.82) is 0 Å². The summed E-state index contributed by atoms with van der Waals surface area (Å²) in [6, 6.07) is 11.5. The lowest BCUT2D eigenvalue weighted by molar-refractivity contribution is -0.140. The molecule has 0 saturated carbocycles. The van der Waals surface area contributed by atoms with E-state index in [1.54, 1.807) is 17.2 Å². The molecule has 140 valence electrons. The number of nitrogens with zero attached hydrogens (tertiary/aromatic N) is 2. The molecule has 27 heavy (non-hydrogen) atoms. The normalized spacial score (nSPS) is 21.3. The summed E-state index contributed by atoms with van der Waals surface area (Å²) in [7, 11) is 0. The van der Waals surface area contributed by atoms with Gasteiger partial charge in [0.25, 0.3) is 5.91 Å². The molecule has 0 spiro atoms. The second kappa shape index (κ2) is 7.39. The van der Waals surface area contributed by atoms with E-state index in [0.29, 0.717) is 25.3 Å². The number of hydrogen-bond donors (Lipinski definition) is 1. The number of likely N-dealkylation sites (tertiary alicyclic amines) is 1. The number of ether oxygens (including phenoxy) is 1. The number of hydrogen-bond acceptors (Lipinski definition) is 4. The molecule has 2 atom stereocenters. The quantitative estimate of drug-likeness (QED) is 0.907. The van der Waals surface area contributed by atoms with Gasteiger partial charge >= 0.3 is 0 Å². The minimum absolute atomic E-state index is 0.0304. The van der Waals surface area contributed by atoms with E-state index in [9.17, 15) is 9.59 Å². The fourth-order valence-electron chi connectivity index (χ4n) is 3.68. The first kappa shape index (κ1) is 17.5. The number of para-hydroxylation sites is 1. The van der Waals surface area contributed by atoms with Gasteiger partial charge in [0.1, 0.15) is 11.6 Å². The molecule has 2 amide bonds. The Bertz CT molecular complexity index is 825. The summed E-state index contributed by atoms with van der Waals surface area (Å²) in [5.41, 5.74) is 2.10. The van der Waals surface area contributed by atoms with Crippen molar-refractivity contribution in [2.75, 3.05) is 18.4 Å². The third-order valence-electron chi connectivity index (χ3n) is 5.19. The van der Waals surface area contributed by atoms with Gasteiger partial charge < -0.3 is 15.0 Å². The molecule has 1 aromatic carbocycles. The Labute approximate surface area is 158 Å². The molecule has 2 aliphatic rings. The first-order valence-electron chi connectivity index (χ1n) is 9.37. The number of rotatable bonds is 3. The topological polar surface area (TPSA) is 71.5 Å². The van der Waals surface area contributed by atoms with Crippen LogP contribution < -0.4 is 10.1 Å². The molecule has 1 fully saturated rings. The summed E-state index contributed by atoms with van der Waals surface area (Å²) in [5.74, 6) is 0.988. The zero-order valence-corrected chi connectivity index (χ0v) is 15.4. The van der Waals surface area contributed by atoms with Gasteiger partial charge in [-0.1, -0.05) is 24.3 Å². The van der Waals surface area contributed by atoms with E-state index in [1.165, 1.54) is 0 Å². The first-order valence-corrected chi connectivity index (χ1v) is 9.37. The van der Waals surface area contributed by atoms with Crippen LogP contribution in [0.3, 0.4) is 0 Å². The number of carbonyl (C=O) groups is 2. The molecule has 6 heteroatoms. The van der Waals surface area contributed by atoms with Crippen LogP contribution in [0.5, 0.6) is 5.75 Å². The molecule has 4 rings (SSSR count). The average Bonchev–Trinajstić information content (AvgIpc) is 3.13. The van der Waals surface area contributed by atoms with Crippen LogP contribution in [0.4, 0.5) is 5.82 Å². The van der Waals surface area contributed by atoms with E-state index in [0.717, 1.165) is 29.7 Å². The highest BCUT2D eigenvalue weighted by molar-refractivity contribution is 5.92. The fourth-order valence-corrected chi connectivity index (χ4v) is 3.68. The maximum atomic E-state index is 12.9. The summed E-state index contributed by atoms with van der Waals surface area (Å²) >= 11 is 0. The fraction of sp³-hybridized carbons (Fsp3) is 0.381. The highest BCUT2D eigenvalue weighted by Gasteiger charge is 2.35. The van der Waals surface area contributed by atoms with Crippen molar-refractivity contribution in [3.05, 3.63) is 53.7 Å². The summed E-state index contributed by atoms with van der Waals surface area (Å²) in [6.45, 7) is 3.04. The molecule has 3 heterocycles. The second-order valence-electron chi connectivity index (χ2n) is 7.25. The third-order valence-corrected chi connectivity index (χ3v) is 5.19. The van der Waals surface area contributed by atoms with Gasteiger partial charge in [0, 0.05) is 25.7 Å². The number of carbonyl (C=O) groups excluding carboxylic acids is 2. The van der Waals surface area contributed by atoms with Crippen LogP contribution in [0.1, 0.15) is 24.0 Å². The van der Waals surface area contributed by atoms with Crippen LogP contribution in [0, 0.1) is 12.8 Å². The largest absolute Gasteiger partial charge is 0.480 e. The van der Waals surface area contributed by atoms with E-state index in [2.05, 4.69) is 10.3 Å². The lowest BCUT2D eigenvalue weighted by Gasteiger charge is -2.33. The molecule has 1 saturated heterocycles. The Balaban J connectivity index is 1.37. The second-order valence-corrected chi connectivity index (χ2v) is 7.25. The molecule has 0 unspecified atom stereocenters. The van der Waals surface area contributed by atoms with Gasteiger partial charge in [-0.2, -0.15) is 0 Å². The van der Waals surface area contributed by atoms with Crippen molar-refractivity contribution in [1.82, 2.24) is 9.88 Å². The van der Waals surface area contributed by atoms with Gasteiger partial charge in [0.15, 0.2) is 6.10 Å².